The molecule has 0 spiro atoms. The van der Waals surface area contributed by atoms with Gasteiger partial charge in [-0.1, -0.05) is 40.0 Å². The Kier molecular flexibility index (Phi) is 5.96. The van der Waals surface area contributed by atoms with E-state index in [4.69, 9.17) is 0 Å². The van der Waals surface area contributed by atoms with Gasteiger partial charge in [0, 0.05) is 6.54 Å². The van der Waals surface area contributed by atoms with Gasteiger partial charge in [-0.3, -0.25) is 4.79 Å². The SMILES string of the molecule is CCCCCCNC(=O)C1NCCCC1(C)C. The second-order valence-electron chi connectivity index (χ2n) is 5.83. The monoisotopic (exact) mass is 240 g/mol. The third kappa shape index (κ3) is 4.66. The highest BCUT2D eigenvalue weighted by molar-refractivity contribution is 5.82. The summed E-state index contributed by atoms with van der Waals surface area (Å²) in [4.78, 5) is 12.1. The molecule has 1 heterocycles. The van der Waals surface area contributed by atoms with Gasteiger partial charge in [-0.2, -0.15) is 0 Å². The summed E-state index contributed by atoms with van der Waals surface area (Å²) in [5.74, 6) is 0.186. The number of piperidine rings is 1. The first-order valence-electron chi connectivity index (χ1n) is 7.09. The maximum atomic E-state index is 12.1. The Labute approximate surface area is 106 Å². The van der Waals surface area contributed by atoms with E-state index in [1.165, 1.54) is 25.7 Å². The predicted octanol–water partition coefficient (Wildman–Crippen LogP) is 2.46. The second-order valence-corrected chi connectivity index (χ2v) is 5.83. The fourth-order valence-electron chi connectivity index (χ4n) is 2.52. The van der Waals surface area contributed by atoms with E-state index in [-0.39, 0.29) is 17.4 Å². The van der Waals surface area contributed by atoms with Gasteiger partial charge in [-0.25, -0.2) is 0 Å². The smallest absolute Gasteiger partial charge is 0.237 e. The Bertz CT molecular complexity index is 238. The van der Waals surface area contributed by atoms with Crippen LogP contribution in [-0.2, 0) is 4.79 Å². The average Bonchev–Trinajstić information content (AvgIpc) is 2.28. The molecule has 0 radical (unpaired) electrons. The van der Waals surface area contributed by atoms with E-state index in [0.717, 1.165) is 25.9 Å². The molecule has 0 aliphatic carbocycles. The highest BCUT2D eigenvalue weighted by Gasteiger charge is 2.36. The molecule has 1 fully saturated rings. The first-order valence-corrected chi connectivity index (χ1v) is 7.09. The normalized spacial score (nSPS) is 23.4. The van der Waals surface area contributed by atoms with Crippen molar-refractivity contribution in [3.8, 4) is 0 Å². The minimum absolute atomic E-state index is 0.0116. The van der Waals surface area contributed by atoms with E-state index < -0.39 is 0 Å². The largest absolute Gasteiger partial charge is 0.355 e. The van der Waals surface area contributed by atoms with Crippen LogP contribution >= 0.6 is 0 Å². The topological polar surface area (TPSA) is 41.1 Å². The van der Waals surface area contributed by atoms with Gasteiger partial charge in [0.1, 0.15) is 0 Å². The molecule has 3 nitrogen and oxygen atoms in total. The standard InChI is InChI=1S/C14H28N2O/c1-4-5-6-7-10-16-13(17)12-14(2,3)9-8-11-15-12/h12,15H,4-11H2,1-3H3,(H,16,17). The van der Waals surface area contributed by atoms with Crippen molar-refractivity contribution in [2.75, 3.05) is 13.1 Å². The molecule has 0 saturated carbocycles. The minimum atomic E-state index is -0.0116. The van der Waals surface area contributed by atoms with E-state index in [1.807, 2.05) is 0 Å². The Morgan fingerprint density at radius 3 is 2.76 bits per heavy atom. The molecule has 1 amide bonds. The van der Waals surface area contributed by atoms with Crippen LogP contribution in [0.4, 0.5) is 0 Å². The number of hydrogen-bond acceptors (Lipinski definition) is 2. The van der Waals surface area contributed by atoms with Crippen molar-refractivity contribution >= 4 is 5.91 Å². The summed E-state index contributed by atoms with van der Waals surface area (Å²) in [5, 5.41) is 6.41. The van der Waals surface area contributed by atoms with Gasteiger partial charge in [0.25, 0.3) is 0 Å². The average molecular weight is 240 g/mol. The summed E-state index contributed by atoms with van der Waals surface area (Å²) in [6.07, 6.45) is 7.14. The van der Waals surface area contributed by atoms with Crippen LogP contribution < -0.4 is 10.6 Å². The molecule has 1 saturated heterocycles. The van der Waals surface area contributed by atoms with Crippen molar-refractivity contribution in [1.29, 1.82) is 0 Å². The fraction of sp³-hybridized carbons (Fsp3) is 0.929. The number of amides is 1. The molecular weight excluding hydrogens is 212 g/mol. The van der Waals surface area contributed by atoms with E-state index in [9.17, 15) is 4.79 Å². The Morgan fingerprint density at radius 2 is 2.12 bits per heavy atom. The molecule has 17 heavy (non-hydrogen) atoms. The third-order valence-corrected chi connectivity index (χ3v) is 3.72. The summed E-state index contributed by atoms with van der Waals surface area (Å²) >= 11 is 0. The fourth-order valence-corrected chi connectivity index (χ4v) is 2.52. The van der Waals surface area contributed by atoms with Crippen molar-refractivity contribution in [3.05, 3.63) is 0 Å². The summed E-state index contributed by atoms with van der Waals surface area (Å²) < 4.78 is 0. The van der Waals surface area contributed by atoms with Gasteiger partial charge in [0.15, 0.2) is 0 Å². The van der Waals surface area contributed by atoms with Crippen molar-refractivity contribution in [2.45, 2.75) is 65.3 Å². The van der Waals surface area contributed by atoms with Crippen LogP contribution in [0.5, 0.6) is 0 Å². The van der Waals surface area contributed by atoms with Crippen molar-refractivity contribution in [3.63, 3.8) is 0 Å². The van der Waals surface area contributed by atoms with Crippen molar-refractivity contribution in [1.82, 2.24) is 10.6 Å². The maximum Gasteiger partial charge on any atom is 0.237 e. The van der Waals surface area contributed by atoms with Crippen molar-refractivity contribution in [2.24, 2.45) is 5.41 Å². The summed E-state index contributed by atoms with van der Waals surface area (Å²) in [5.41, 5.74) is 0.0890. The van der Waals surface area contributed by atoms with E-state index in [2.05, 4.69) is 31.4 Å². The van der Waals surface area contributed by atoms with Gasteiger partial charge in [0.2, 0.25) is 5.91 Å². The predicted molar refractivity (Wildman–Crippen MR) is 72.0 cm³/mol. The maximum absolute atomic E-state index is 12.1. The Hall–Kier alpha value is -0.570. The molecule has 100 valence electrons. The molecule has 0 bridgehead atoms. The lowest BCUT2D eigenvalue weighted by molar-refractivity contribution is -0.126. The number of nitrogens with one attached hydrogen (secondary N) is 2. The molecule has 2 N–H and O–H groups in total. The molecular formula is C14H28N2O. The van der Waals surface area contributed by atoms with E-state index in [0.29, 0.717) is 0 Å². The van der Waals surface area contributed by atoms with Crippen LogP contribution in [0, 0.1) is 5.41 Å². The Morgan fingerprint density at radius 1 is 1.35 bits per heavy atom. The minimum Gasteiger partial charge on any atom is -0.355 e. The lowest BCUT2D eigenvalue weighted by atomic mass is 9.77. The van der Waals surface area contributed by atoms with E-state index in [1.54, 1.807) is 0 Å². The first kappa shape index (κ1) is 14.5. The first-order chi connectivity index (χ1) is 8.08. The molecule has 0 aromatic heterocycles. The zero-order chi connectivity index (χ0) is 12.7. The van der Waals surface area contributed by atoms with Gasteiger partial charge in [0.05, 0.1) is 6.04 Å². The quantitative estimate of drug-likeness (QED) is 0.700. The highest BCUT2D eigenvalue weighted by Crippen LogP contribution is 2.29. The lowest BCUT2D eigenvalue weighted by Gasteiger charge is -2.38. The van der Waals surface area contributed by atoms with Crippen molar-refractivity contribution < 1.29 is 4.79 Å². The van der Waals surface area contributed by atoms with Gasteiger partial charge >= 0.3 is 0 Å². The zero-order valence-corrected chi connectivity index (χ0v) is 11.6. The number of unbranched alkanes of at least 4 members (excludes halogenated alkanes) is 3. The molecule has 0 aromatic rings. The Balaban J connectivity index is 2.26. The third-order valence-electron chi connectivity index (χ3n) is 3.72. The van der Waals surface area contributed by atoms with Crippen LogP contribution in [-0.4, -0.2) is 25.0 Å². The molecule has 1 unspecified atom stereocenters. The van der Waals surface area contributed by atoms with Crippen LogP contribution in [0.1, 0.15) is 59.3 Å². The molecule has 1 rings (SSSR count). The summed E-state index contributed by atoms with van der Waals surface area (Å²) in [7, 11) is 0. The number of carbonyl (C=O) groups excluding carboxylic acids is 1. The lowest BCUT2D eigenvalue weighted by Crippen LogP contribution is -2.55. The van der Waals surface area contributed by atoms with Gasteiger partial charge in [-0.05, 0) is 31.2 Å². The van der Waals surface area contributed by atoms with Crippen LogP contribution in [0.2, 0.25) is 0 Å². The zero-order valence-electron chi connectivity index (χ0n) is 11.6. The molecule has 1 aliphatic rings. The highest BCUT2D eigenvalue weighted by atomic mass is 16.2. The van der Waals surface area contributed by atoms with Gasteiger partial charge in [-0.15, -0.1) is 0 Å². The number of carbonyl (C=O) groups is 1. The summed E-state index contributed by atoms with van der Waals surface area (Å²) in [6, 6.07) is -0.0116. The summed E-state index contributed by atoms with van der Waals surface area (Å²) in [6.45, 7) is 8.36. The van der Waals surface area contributed by atoms with Gasteiger partial charge < -0.3 is 10.6 Å². The molecule has 1 aliphatic heterocycles. The van der Waals surface area contributed by atoms with Crippen LogP contribution in [0.25, 0.3) is 0 Å². The number of rotatable bonds is 6. The number of hydrogen-bond donors (Lipinski definition) is 2. The second kappa shape index (κ2) is 7.00. The van der Waals surface area contributed by atoms with Crippen LogP contribution in [0.15, 0.2) is 0 Å². The van der Waals surface area contributed by atoms with Crippen LogP contribution in [0.3, 0.4) is 0 Å². The molecule has 3 heteroatoms. The molecule has 0 aromatic carbocycles. The van der Waals surface area contributed by atoms with E-state index >= 15 is 0 Å². The molecule has 1 atom stereocenters.